The summed E-state index contributed by atoms with van der Waals surface area (Å²) in [6.07, 6.45) is 21.1. The molecule has 65 heavy (non-hydrogen) atoms. The van der Waals surface area contributed by atoms with E-state index in [1.807, 2.05) is 44.2 Å². The molecular weight excluding hydrogens is 821 g/mol. The molecule has 3 aromatic heterocycles. The molecule has 5 heterocycles. The topological polar surface area (TPSA) is 129 Å². The summed E-state index contributed by atoms with van der Waals surface area (Å²) in [4.78, 5) is 43.2. The molecule has 3 aliphatic rings. The number of aliphatic hydroxyl groups is 1. The van der Waals surface area contributed by atoms with Crippen molar-refractivity contribution in [3.8, 4) is 0 Å². The van der Waals surface area contributed by atoms with Crippen LogP contribution in [0, 0.1) is 56.3 Å². The number of esters is 1. The maximum Gasteiger partial charge on any atom is 2.00 e. The van der Waals surface area contributed by atoms with Crippen LogP contribution in [0.4, 0.5) is 0 Å². The van der Waals surface area contributed by atoms with Crippen LogP contribution < -0.4 is 25.7 Å². The van der Waals surface area contributed by atoms with E-state index in [1.54, 1.807) is 0 Å². The van der Waals surface area contributed by atoms with Gasteiger partial charge in [0.1, 0.15) is 6.61 Å². The summed E-state index contributed by atoms with van der Waals surface area (Å²) in [5, 5.41) is 18.2. The number of allylic oxidation sites excluding steroid dienone is 3. The minimum absolute atomic E-state index is 0. The number of rotatable bonds is 21. The molecule has 348 valence electrons. The molecular formula is C55H74MgN4O5-2. The number of carbonyl (C=O) groups excluding carboxylic acids is 2. The third-order valence-electron chi connectivity index (χ3n) is 14.4. The number of nitrogens with zero attached hydrogens (tertiary/aromatic N) is 4. The standard InChI is InChI=1S/C55H75N4O5.Mg/c1-13-39-35(8)42-28-44-37(10)41(24-25-48(60)64-27-26-34(7)23-17-22-33(6)21-16-20-32(5)19-15-18-31(3)4)52(58-44)50-51(55(62)63-12)54(61)49-38(11)45(59-53(49)50)30-47-40(14-2)36(9)43(57-47)29-46(39)56-42;/h13,26,28-33,37,41,51,55,62H,1,14-25,27H2,2-12H3,(H-,58,59,61);/q-3;+2/p-1/b34-26+,43-29-,44-28-,47-30-;/t32-,33-,37+,41+,51-,55?;/m1./s1. The molecule has 0 spiro atoms. The third-order valence-corrected chi connectivity index (χ3v) is 14.4. The Balaban J connectivity index is 0.00000793. The Kier molecular flexibility index (Phi) is 18.7. The summed E-state index contributed by atoms with van der Waals surface area (Å²) >= 11 is 0. The van der Waals surface area contributed by atoms with Crippen LogP contribution in [0.5, 0.6) is 0 Å². The Morgan fingerprint density at radius 2 is 1.51 bits per heavy atom. The van der Waals surface area contributed by atoms with Crippen LogP contribution in [0.15, 0.2) is 29.6 Å². The average Bonchev–Trinajstić information content (AvgIpc) is 3.99. The van der Waals surface area contributed by atoms with E-state index in [-0.39, 0.29) is 59.7 Å². The molecule has 6 atom stereocenters. The molecule has 10 heteroatoms. The van der Waals surface area contributed by atoms with Crippen molar-refractivity contribution < 1.29 is 24.2 Å². The number of carbonyl (C=O) groups is 2. The monoisotopic (exact) mass is 895 g/mol. The minimum Gasteiger partial charge on any atom is -0.664 e. The average molecular weight is 896 g/mol. The molecule has 0 amide bonds. The smallest absolute Gasteiger partial charge is 0.664 e. The van der Waals surface area contributed by atoms with Gasteiger partial charge in [-0.1, -0.05) is 151 Å². The summed E-state index contributed by atoms with van der Waals surface area (Å²) in [7, 11) is 1.40. The van der Waals surface area contributed by atoms with Crippen molar-refractivity contribution in [1.82, 2.24) is 15.0 Å². The van der Waals surface area contributed by atoms with Crippen LogP contribution in [0.2, 0.25) is 0 Å². The van der Waals surface area contributed by atoms with Gasteiger partial charge in [0.15, 0.2) is 12.1 Å². The fourth-order valence-corrected chi connectivity index (χ4v) is 10.2. The first-order valence-electron chi connectivity index (χ1n) is 24.1. The molecule has 0 aromatic carbocycles. The summed E-state index contributed by atoms with van der Waals surface area (Å²) in [6.45, 7) is 26.1. The van der Waals surface area contributed by atoms with E-state index in [2.05, 4.69) is 62.0 Å². The Hall–Kier alpha value is -3.83. The van der Waals surface area contributed by atoms with Gasteiger partial charge in [0.2, 0.25) is 0 Å². The number of ether oxygens (including phenoxy) is 2. The van der Waals surface area contributed by atoms with Gasteiger partial charge in [-0.2, -0.15) is 11.4 Å². The predicted molar refractivity (Wildman–Crippen MR) is 266 cm³/mol. The summed E-state index contributed by atoms with van der Waals surface area (Å²) < 4.78 is 11.3. The number of aromatic nitrogens is 3. The molecule has 0 radical (unpaired) electrons. The molecule has 1 fully saturated rings. The minimum atomic E-state index is -1.41. The number of fused-ring (bicyclic) bond motifs is 7. The van der Waals surface area contributed by atoms with Crippen molar-refractivity contribution in [2.75, 3.05) is 13.7 Å². The number of methoxy groups -OCH3 is 1. The van der Waals surface area contributed by atoms with Crippen molar-refractivity contribution in [3.63, 3.8) is 0 Å². The van der Waals surface area contributed by atoms with Crippen LogP contribution in [-0.2, 0) is 20.7 Å². The molecule has 1 unspecified atom stereocenters. The largest absolute Gasteiger partial charge is 2.00 e. The second kappa shape index (κ2) is 23.3. The molecule has 1 N–H and O–H groups in total. The van der Waals surface area contributed by atoms with Crippen molar-refractivity contribution in [3.05, 3.63) is 102 Å². The van der Waals surface area contributed by atoms with E-state index >= 15 is 0 Å². The molecule has 2 aliphatic heterocycles. The van der Waals surface area contributed by atoms with Gasteiger partial charge in [-0.05, 0) is 94.6 Å². The molecule has 0 saturated carbocycles. The zero-order valence-electron chi connectivity index (χ0n) is 41.4. The fourth-order valence-electron chi connectivity index (χ4n) is 10.2. The van der Waals surface area contributed by atoms with Crippen LogP contribution >= 0.6 is 0 Å². The van der Waals surface area contributed by atoms with Gasteiger partial charge >= 0.3 is 29.0 Å². The predicted octanol–water partition coefficient (Wildman–Crippen LogP) is 10.2. The van der Waals surface area contributed by atoms with E-state index in [1.165, 1.54) is 57.6 Å². The van der Waals surface area contributed by atoms with Crippen LogP contribution in [-0.4, -0.2) is 59.9 Å². The van der Waals surface area contributed by atoms with Crippen molar-refractivity contribution in [2.24, 2.45) is 35.5 Å². The second-order valence-electron chi connectivity index (χ2n) is 19.6. The molecule has 1 aliphatic carbocycles. The van der Waals surface area contributed by atoms with Gasteiger partial charge in [0.05, 0.1) is 5.92 Å². The first-order valence-corrected chi connectivity index (χ1v) is 24.1. The quantitative estimate of drug-likeness (QED) is 0.0484. The van der Waals surface area contributed by atoms with Crippen LogP contribution in [0.3, 0.4) is 0 Å². The Labute approximate surface area is 405 Å². The molecule has 6 rings (SSSR count). The van der Waals surface area contributed by atoms with Gasteiger partial charge in [-0.3, -0.25) is 9.59 Å². The zero-order valence-corrected chi connectivity index (χ0v) is 42.8. The van der Waals surface area contributed by atoms with E-state index in [0.29, 0.717) is 34.6 Å². The normalized spacial score (nSPS) is 22.3. The van der Waals surface area contributed by atoms with Crippen molar-refractivity contribution in [2.45, 2.75) is 153 Å². The second-order valence-corrected chi connectivity index (χ2v) is 19.6. The van der Waals surface area contributed by atoms with Crippen molar-refractivity contribution >= 4 is 64.7 Å². The fraction of sp³-hybridized carbons (Fsp3) is 0.564. The van der Waals surface area contributed by atoms with Crippen LogP contribution in [0.25, 0.3) is 35.2 Å². The summed E-state index contributed by atoms with van der Waals surface area (Å²) in [5.74, 6) is 0.341. The number of aliphatic hydroxyl groups excluding tert-OH is 1. The first-order chi connectivity index (χ1) is 30.6. The van der Waals surface area contributed by atoms with E-state index in [9.17, 15) is 14.7 Å². The number of hydrogen-bond acceptors (Lipinski definition) is 5. The van der Waals surface area contributed by atoms with E-state index in [4.69, 9.17) is 29.7 Å². The van der Waals surface area contributed by atoms with Gasteiger partial charge in [-0.15, -0.1) is 33.5 Å². The molecule has 8 bridgehead atoms. The summed E-state index contributed by atoms with van der Waals surface area (Å²) in [5.41, 5.74) is 11.2. The SMILES string of the molecule is C=Cc1c2[n-]c(c1C)/C=C1\[N-]/C(=C3\c4[n-]c(c(C)c4C(=O)[C@@H]3C(O)OC)/C=c3\[n-]/c(c(C)c3CC)=C\2)[C@@H](CCC(=O)OC/C=C(\C)CCC[C@H](C)CCC[C@H](C)CCCC(C)C)[C@@H]1C.[Mg+2]. The zero-order chi connectivity index (χ0) is 46.4. The van der Waals surface area contributed by atoms with Crippen LogP contribution in [0.1, 0.15) is 180 Å². The van der Waals surface area contributed by atoms with Gasteiger partial charge < -0.3 is 34.8 Å². The maximum absolute atomic E-state index is 14.4. The van der Waals surface area contributed by atoms with Gasteiger partial charge in [0.25, 0.3) is 0 Å². The molecule has 3 aromatic rings. The first kappa shape index (κ1) is 52.1. The number of Topliss-reactive ketones (excluding diaryl/α,β-unsaturated/α-hetero) is 1. The number of hydrogen-bond donors (Lipinski definition) is 1. The van der Waals surface area contributed by atoms with E-state index in [0.717, 1.165) is 92.6 Å². The number of ketones is 1. The Bertz CT molecular complexity index is 2400. The van der Waals surface area contributed by atoms with E-state index < -0.39 is 12.2 Å². The van der Waals surface area contributed by atoms with Gasteiger partial charge in [0, 0.05) is 19.1 Å². The Morgan fingerprint density at radius 1 is 0.862 bits per heavy atom. The third kappa shape index (κ3) is 11.8. The van der Waals surface area contributed by atoms with Gasteiger partial charge in [-0.25, -0.2) is 0 Å². The molecule has 1 saturated heterocycles. The Morgan fingerprint density at radius 3 is 2.15 bits per heavy atom. The maximum atomic E-state index is 14.4. The van der Waals surface area contributed by atoms with Crippen molar-refractivity contribution in [1.29, 1.82) is 0 Å². The summed E-state index contributed by atoms with van der Waals surface area (Å²) in [6, 6.07) is 0. The molecule has 9 nitrogen and oxygen atoms in total.